The molecular weight excluding hydrogens is 214 g/mol. The van der Waals surface area contributed by atoms with E-state index in [-0.39, 0.29) is 17.7 Å². The lowest BCUT2D eigenvalue weighted by atomic mass is 9.88. The number of nitrogens with zero attached hydrogens (tertiary/aromatic N) is 1. The molecule has 96 valence electrons. The van der Waals surface area contributed by atoms with Crippen molar-refractivity contribution in [1.29, 1.82) is 0 Å². The van der Waals surface area contributed by atoms with E-state index in [0.29, 0.717) is 6.54 Å². The van der Waals surface area contributed by atoms with Gasteiger partial charge in [0.05, 0.1) is 0 Å². The highest BCUT2D eigenvalue weighted by Crippen LogP contribution is 2.25. The third-order valence-electron chi connectivity index (χ3n) is 3.36. The molecule has 3 nitrogen and oxygen atoms in total. The standard InChI is InChI=1S/C14H23NO2/c1-3-4-8-11-15(12(2)16)14(17)13-9-6-5-7-10-13/h3-4,13H,5-11H2,1-2H3. The molecular formula is C14H23NO2. The summed E-state index contributed by atoms with van der Waals surface area (Å²) in [6, 6.07) is 0. The van der Waals surface area contributed by atoms with Gasteiger partial charge >= 0.3 is 0 Å². The summed E-state index contributed by atoms with van der Waals surface area (Å²) in [5.41, 5.74) is 0. The molecule has 1 fully saturated rings. The van der Waals surface area contributed by atoms with E-state index < -0.39 is 0 Å². The first-order chi connectivity index (χ1) is 8.16. The summed E-state index contributed by atoms with van der Waals surface area (Å²) >= 11 is 0. The quantitative estimate of drug-likeness (QED) is 0.705. The minimum absolute atomic E-state index is 0.0432. The molecule has 0 aromatic carbocycles. The maximum absolute atomic E-state index is 12.2. The summed E-state index contributed by atoms with van der Waals surface area (Å²) in [5.74, 6) is 0.00466. The molecule has 1 aliphatic carbocycles. The number of amides is 2. The molecule has 0 bridgehead atoms. The van der Waals surface area contributed by atoms with E-state index in [2.05, 4.69) is 0 Å². The van der Waals surface area contributed by atoms with Gasteiger partial charge in [-0.25, -0.2) is 0 Å². The number of allylic oxidation sites excluding steroid dienone is 1. The largest absolute Gasteiger partial charge is 0.282 e. The molecule has 0 saturated heterocycles. The Morgan fingerprint density at radius 3 is 2.41 bits per heavy atom. The van der Waals surface area contributed by atoms with Crippen LogP contribution in [0.15, 0.2) is 12.2 Å². The SMILES string of the molecule is CC=CCCN(C(C)=O)C(=O)C1CCCCC1. The second-order valence-electron chi connectivity index (χ2n) is 4.70. The molecule has 2 amide bonds. The Morgan fingerprint density at radius 1 is 1.24 bits per heavy atom. The van der Waals surface area contributed by atoms with E-state index in [4.69, 9.17) is 0 Å². The summed E-state index contributed by atoms with van der Waals surface area (Å²) < 4.78 is 0. The molecule has 17 heavy (non-hydrogen) atoms. The van der Waals surface area contributed by atoms with E-state index in [9.17, 15) is 9.59 Å². The Kier molecular flexibility index (Phi) is 5.95. The molecule has 1 aliphatic rings. The molecule has 0 N–H and O–H groups in total. The molecule has 1 saturated carbocycles. The van der Waals surface area contributed by atoms with Gasteiger partial charge in [0.15, 0.2) is 0 Å². The first-order valence-electron chi connectivity index (χ1n) is 6.60. The molecule has 1 rings (SSSR count). The van der Waals surface area contributed by atoms with Crippen LogP contribution in [0.5, 0.6) is 0 Å². The van der Waals surface area contributed by atoms with Gasteiger partial charge in [0.25, 0.3) is 0 Å². The molecule has 0 aromatic rings. The third-order valence-corrected chi connectivity index (χ3v) is 3.36. The number of carbonyl (C=O) groups excluding carboxylic acids is 2. The van der Waals surface area contributed by atoms with Crippen molar-refractivity contribution in [2.24, 2.45) is 5.92 Å². The Bertz CT molecular complexity index is 291. The average molecular weight is 237 g/mol. The monoisotopic (exact) mass is 237 g/mol. The van der Waals surface area contributed by atoms with Crippen molar-refractivity contribution in [2.75, 3.05) is 6.54 Å². The van der Waals surface area contributed by atoms with Crippen LogP contribution in [-0.4, -0.2) is 23.3 Å². The van der Waals surface area contributed by atoms with Gasteiger partial charge in [-0.05, 0) is 26.2 Å². The van der Waals surface area contributed by atoms with Crippen LogP contribution in [0.2, 0.25) is 0 Å². The van der Waals surface area contributed by atoms with E-state index in [1.165, 1.54) is 18.2 Å². The fourth-order valence-electron chi connectivity index (χ4n) is 2.36. The zero-order chi connectivity index (χ0) is 12.7. The zero-order valence-electron chi connectivity index (χ0n) is 10.9. The van der Waals surface area contributed by atoms with E-state index in [1.54, 1.807) is 0 Å². The van der Waals surface area contributed by atoms with Crippen LogP contribution in [0.25, 0.3) is 0 Å². The Balaban J connectivity index is 2.55. The first-order valence-corrected chi connectivity index (χ1v) is 6.60. The van der Waals surface area contributed by atoms with Crippen molar-refractivity contribution in [3.8, 4) is 0 Å². The fraction of sp³-hybridized carbons (Fsp3) is 0.714. The summed E-state index contributed by atoms with van der Waals surface area (Å²) in [6.45, 7) is 3.95. The maximum atomic E-state index is 12.2. The van der Waals surface area contributed by atoms with Gasteiger partial charge < -0.3 is 0 Å². The molecule has 0 atom stereocenters. The Hall–Kier alpha value is -1.12. The van der Waals surface area contributed by atoms with Crippen molar-refractivity contribution in [3.63, 3.8) is 0 Å². The van der Waals surface area contributed by atoms with Crippen LogP contribution in [-0.2, 0) is 9.59 Å². The van der Waals surface area contributed by atoms with Gasteiger partial charge in [-0.15, -0.1) is 0 Å². The summed E-state index contributed by atoms with van der Waals surface area (Å²) in [6.07, 6.45) is 10.1. The van der Waals surface area contributed by atoms with Crippen LogP contribution in [0.3, 0.4) is 0 Å². The molecule has 0 heterocycles. The summed E-state index contributed by atoms with van der Waals surface area (Å²) in [4.78, 5) is 25.1. The topological polar surface area (TPSA) is 37.4 Å². The molecule has 0 unspecified atom stereocenters. The van der Waals surface area contributed by atoms with Crippen molar-refractivity contribution in [1.82, 2.24) is 4.90 Å². The fourth-order valence-corrected chi connectivity index (χ4v) is 2.36. The highest BCUT2D eigenvalue weighted by atomic mass is 16.2. The number of rotatable bonds is 4. The highest BCUT2D eigenvalue weighted by molar-refractivity contribution is 5.95. The van der Waals surface area contributed by atoms with Gasteiger partial charge in [-0.3, -0.25) is 14.5 Å². The number of hydrogen-bond donors (Lipinski definition) is 0. The lowest BCUT2D eigenvalue weighted by molar-refractivity contribution is -0.146. The van der Waals surface area contributed by atoms with Gasteiger partial charge in [0.2, 0.25) is 11.8 Å². The number of imide groups is 1. The van der Waals surface area contributed by atoms with Crippen LogP contribution >= 0.6 is 0 Å². The molecule has 0 spiro atoms. The van der Waals surface area contributed by atoms with E-state index >= 15 is 0 Å². The third kappa shape index (κ3) is 4.33. The van der Waals surface area contributed by atoms with Crippen LogP contribution in [0, 0.1) is 5.92 Å². The summed E-state index contributed by atoms with van der Waals surface area (Å²) in [5, 5.41) is 0. The normalized spacial score (nSPS) is 17.3. The minimum atomic E-state index is -0.120. The first kappa shape index (κ1) is 13.9. The van der Waals surface area contributed by atoms with Crippen LogP contribution < -0.4 is 0 Å². The smallest absolute Gasteiger partial charge is 0.232 e. The molecule has 0 aliphatic heterocycles. The maximum Gasteiger partial charge on any atom is 0.232 e. The van der Waals surface area contributed by atoms with E-state index in [0.717, 1.165) is 32.1 Å². The van der Waals surface area contributed by atoms with Crippen LogP contribution in [0.1, 0.15) is 52.4 Å². The average Bonchev–Trinajstić information content (AvgIpc) is 2.34. The van der Waals surface area contributed by atoms with Crippen molar-refractivity contribution in [2.45, 2.75) is 52.4 Å². The van der Waals surface area contributed by atoms with Crippen molar-refractivity contribution in [3.05, 3.63) is 12.2 Å². The lowest BCUT2D eigenvalue weighted by Crippen LogP contribution is -2.40. The Morgan fingerprint density at radius 2 is 1.88 bits per heavy atom. The predicted octanol–water partition coefficient (Wildman–Crippen LogP) is 2.91. The summed E-state index contributed by atoms with van der Waals surface area (Å²) in [7, 11) is 0. The number of hydrogen-bond acceptors (Lipinski definition) is 2. The number of carbonyl (C=O) groups is 2. The van der Waals surface area contributed by atoms with Gasteiger partial charge in [0, 0.05) is 19.4 Å². The van der Waals surface area contributed by atoms with Gasteiger partial charge in [-0.2, -0.15) is 0 Å². The Labute approximate surface area is 104 Å². The molecule has 0 aromatic heterocycles. The lowest BCUT2D eigenvalue weighted by Gasteiger charge is -2.27. The minimum Gasteiger partial charge on any atom is -0.282 e. The molecule has 3 heteroatoms. The van der Waals surface area contributed by atoms with Crippen LogP contribution in [0.4, 0.5) is 0 Å². The predicted molar refractivity (Wildman–Crippen MR) is 68.4 cm³/mol. The molecule has 0 radical (unpaired) electrons. The second-order valence-corrected chi connectivity index (χ2v) is 4.70. The van der Waals surface area contributed by atoms with Crippen molar-refractivity contribution < 1.29 is 9.59 Å². The van der Waals surface area contributed by atoms with Crippen molar-refractivity contribution >= 4 is 11.8 Å². The second kappa shape index (κ2) is 7.25. The highest BCUT2D eigenvalue weighted by Gasteiger charge is 2.27. The van der Waals surface area contributed by atoms with E-state index in [1.807, 2.05) is 19.1 Å². The van der Waals surface area contributed by atoms with Gasteiger partial charge in [0.1, 0.15) is 0 Å². The zero-order valence-corrected chi connectivity index (χ0v) is 10.9. The van der Waals surface area contributed by atoms with Gasteiger partial charge in [-0.1, -0.05) is 31.4 Å².